The summed E-state index contributed by atoms with van der Waals surface area (Å²) in [4.78, 5) is 12.1. The number of anilines is 1. The number of amides is 1. The Kier molecular flexibility index (Phi) is 4.55. The quantitative estimate of drug-likeness (QED) is 0.819. The molecule has 4 heteroatoms. The molecule has 0 saturated carbocycles. The lowest BCUT2D eigenvalue weighted by Crippen LogP contribution is -2.12. The summed E-state index contributed by atoms with van der Waals surface area (Å²) >= 11 is 2.26. The molecular formula is C15H15IN2O. The van der Waals surface area contributed by atoms with Gasteiger partial charge in [0.2, 0.25) is 0 Å². The van der Waals surface area contributed by atoms with E-state index in [-0.39, 0.29) is 5.91 Å². The molecule has 0 saturated heterocycles. The van der Waals surface area contributed by atoms with Crippen LogP contribution < -0.4 is 11.1 Å². The fourth-order valence-corrected chi connectivity index (χ4v) is 2.18. The average Bonchev–Trinajstić information content (AvgIpc) is 2.43. The van der Waals surface area contributed by atoms with E-state index in [9.17, 15) is 4.79 Å². The number of aryl methyl sites for hydroxylation is 1. The molecular weight excluding hydrogens is 351 g/mol. The molecule has 2 aromatic carbocycles. The van der Waals surface area contributed by atoms with Gasteiger partial charge in [0.15, 0.2) is 0 Å². The van der Waals surface area contributed by atoms with Gasteiger partial charge in [-0.15, -0.1) is 0 Å². The van der Waals surface area contributed by atoms with E-state index in [2.05, 4.69) is 27.9 Å². The molecule has 0 spiro atoms. The normalized spacial score (nSPS) is 10.3. The molecule has 98 valence electrons. The third kappa shape index (κ3) is 3.54. The third-order valence-corrected chi connectivity index (χ3v) is 4.04. The molecule has 0 aliphatic rings. The number of hydrogen-bond acceptors (Lipinski definition) is 2. The second kappa shape index (κ2) is 6.16. The highest BCUT2D eigenvalue weighted by molar-refractivity contribution is 14.1. The van der Waals surface area contributed by atoms with Gasteiger partial charge in [-0.2, -0.15) is 0 Å². The standard InChI is InChI=1S/C15H15IN2O/c1-10-2-7-13(8-14(10)16)18-15(19)12-5-3-11(9-17)4-6-12/h2-8H,9,17H2,1H3,(H,18,19). The van der Waals surface area contributed by atoms with E-state index in [4.69, 9.17) is 5.73 Å². The summed E-state index contributed by atoms with van der Waals surface area (Å²) in [7, 11) is 0. The summed E-state index contributed by atoms with van der Waals surface area (Å²) in [6.45, 7) is 2.52. The predicted octanol–water partition coefficient (Wildman–Crippen LogP) is 3.31. The van der Waals surface area contributed by atoms with Gasteiger partial charge in [0.25, 0.3) is 5.91 Å². The molecule has 3 nitrogen and oxygen atoms in total. The van der Waals surface area contributed by atoms with Crippen molar-refractivity contribution in [3.63, 3.8) is 0 Å². The van der Waals surface area contributed by atoms with Crippen LogP contribution in [-0.2, 0) is 6.54 Å². The van der Waals surface area contributed by atoms with Crippen LogP contribution in [-0.4, -0.2) is 5.91 Å². The largest absolute Gasteiger partial charge is 0.326 e. The highest BCUT2D eigenvalue weighted by Crippen LogP contribution is 2.18. The Bertz CT molecular complexity index is 594. The highest BCUT2D eigenvalue weighted by atomic mass is 127. The van der Waals surface area contributed by atoms with Crippen molar-refractivity contribution in [3.8, 4) is 0 Å². The highest BCUT2D eigenvalue weighted by Gasteiger charge is 2.06. The zero-order chi connectivity index (χ0) is 13.8. The average molecular weight is 366 g/mol. The topological polar surface area (TPSA) is 55.1 Å². The van der Waals surface area contributed by atoms with Crippen molar-refractivity contribution in [2.24, 2.45) is 5.73 Å². The molecule has 19 heavy (non-hydrogen) atoms. The minimum Gasteiger partial charge on any atom is -0.326 e. The maximum atomic E-state index is 12.1. The summed E-state index contributed by atoms with van der Waals surface area (Å²) < 4.78 is 1.13. The van der Waals surface area contributed by atoms with Crippen molar-refractivity contribution in [3.05, 3.63) is 62.7 Å². The van der Waals surface area contributed by atoms with Crippen molar-refractivity contribution in [1.29, 1.82) is 0 Å². The van der Waals surface area contributed by atoms with Crippen LogP contribution in [0.3, 0.4) is 0 Å². The zero-order valence-electron chi connectivity index (χ0n) is 10.6. The van der Waals surface area contributed by atoms with Gasteiger partial charge < -0.3 is 11.1 Å². The van der Waals surface area contributed by atoms with Crippen LogP contribution in [0.1, 0.15) is 21.5 Å². The Labute approximate surface area is 126 Å². The van der Waals surface area contributed by atoms with Crippen molar-refractivity contribution >= 4 is 34.2 Å². The van der Waals surface area contributed by atoms with E-state index < -0.39 is 0 Å². The molecule has 0 radical (unpaired) electrons. The van der Waals surface area contributed by atoms with Gasteiger partial charge in [-0.25, -0.2) is 0 Å². The van der Waals surface area contributed by atoms with Gasteiger partial charge in [0.1, 0.15) is 0 Å². The van der Waals surface area contributed by atoms with Crippen LogP contribution in [0.4, 0.5) is 5.69 Å². The van der Waals surface area contributed by atoms with E-state index >= 15 is 0 Å². The summed E-state index contributed by atoms with van der Waals surface area (Å²) in [5.41, 5.74) is 9.18. The molecule has 0 aromatic heterocycles. The van der Waals surface area contributed by atoms with Crippen molar-refractivity contribution in [2.75, 3.05) is 5.32 Å². The Balaban J connectivity index is 2.13. The van der Waals surface area contributed by atoms with Crippen LogP contribution in [0.2, 0.25) is 0 Å². The fraction of sp³-hybridized carbons (Fsp3) is 0.133. The maximum absolute atomic E-state index is 12.1. The maximum Gasteiger partial charge on any atom is 0.255 e. The van der Waals surface area contributed by atoms with E-state index in [0.29, 0.717) is 12.1 Å². The zero-order valence-corrected chi connectivity index (χ0v) is 12.8. The Morgan fingerprint density at radius 1 is 1.21 bits per heavy atom. The summed E-state index contributed by atoms with van der Waals surface area (Å²) in [6.07, 6.45) is 0. The second-order valence-electron chi connectivity index (χ2n) is 4.32. The van der Waals surface area contributed by atoms with E-state index in [1.54, 1.807) is 12.1 Å². The first-order valence-corrected chi connectivity index (χ1v) is 7.04. The molecule has 0 heterocycles. The molecule has 0 fully saturated rings. The number of nitrogens with two attached hydrogens (primary N) is 1. The lowest BCUT2D eigenvalue weighted by atomic mass is 10.1. The number of benzene rings is 2. The molecule has 2 aromatic rings. The minimum atomic E-state index is -0.108. The summed E-state index contributed by atoms with van der Waals surface area (Å²) in [6, 6.07) is 13.2. The van der Waals surface area contributed by atoms with E-state index in [0.717, 1.165) is 14.8 Å². The Morgan fingerprint density at radius 2 is 1.89 bits per heavy atom. The molecule has 1 amide bonds. The third-order valence-electron chi connectivity index (χ3n) is 2.88. The number of carbonyl (C=O) groups excluding carboxylic acids is 1. The lowest BCUT2D eigenvalue weighted by molar-refractivity contribution is 0.102. The van der Waals surface area contributed by atoms with Gasteiger partial charge >= 0.3 is 0 Å². The van der Waals surface area contributed by atoms with Crippen LogP contribution in [0.15, 0.2) is 42.5 Å². The van der Waals surface area contributed by atoms with Crippen molar-refractivity contribution in [1.82, 2.24) is 0 Å². The van der Waals surface area contributed by atoms with E-state index in [1.165, 1.54) is 5.56 Å². The number of carbonyl (C=O) groups is 1. The summed E-state index contributed by atoms with van der Waals surface area (Å²) in [5.74, 6) is -0.108. The fourth-order valence-electron chi connectivity index (χ4n) is 1.67. The minimum absolute atomic E-state index is 0.108. The number of rotatable bonds is 3. The first kappa shape index (κ1) is 14.0. The first-order valence-electron chi connectivity index (χ1n) is 5.96. The Morgan fingerprint density at radius 3 is 2.47 bits per heavy atom. The van der Waals surface area contributed by atoms with Crippen LogP contribution in [0.5, 0.6) is 0 Å². The van der Waals surface area contributed by atoms with Crippen LogP contribution >= 0.6 is 22.6 Å². The van der Waals surface area contributed by atoms with Crippen LogP contribution in [0, 0.1) is 10.5 Å². The number of halogens is 1. The number of hydrogen-bond donors (Lipinski definition) is 2. The van der Waals surface area contributed by atoms with Gasteiger partial charge in [-0.1, -0.05) is 18.2 Å². The number of nitrogens with one attached hydrogen (secondary N) is 1. The predicted molar refractivity (Wildman–Crippen MR) is 86.2 cm³/mol. The smallest absolute Gasteiger partial charge is 0.255 e. The molecule has 0 aliphatic heterocycles. The second-order valence-corrected chi connectivity index (χ2v) is 5.48. The molecule has 0 aliphatic carbocycles. The monoisotopic (exact) mass is 366 g/mol. The Hall–Kier alpha value is -1.40. The van der Waals surface area contributed by atoms with E-state index in [1.807, 2.05) is 37.3 Å². The van der Waals surface area contributed by atoms with Crippen molar-refractivity contribution < 1.29 is 4.79 Å². The summed E-state index contributed by atoms with van der Waals surface area (Å²) in [5, 5.41) is 2.89. The molecule has 0 atom stereocenters. The molecule has 0 unspecified atom stereocenters. The lowest BCUT2D eigenvalue weighted by Gasteiger charge is -2.07. The van der Waals surface area contributed by atoms with Gasteiger partial charge in [0.05, 0.1) is 0 Å². The van der Waals surface area contributed by atoms with Gasteiger partial charge in [0, 0.05) is 21.4 Å². The molecule has 2 rings (SSSR count). The van der Waals surface area contributed by atoms with Gasteiger partial charge in [-0.05, 0) is 64.9 Å². The van der Waals surface area contributed by atoms with Crippen LogP contribution in [0.25, 0.3) is 0 Å². The molecule has 3 N–H and O–H groups in total. The van der Waals surface area contributed by atoms with Gasteiger partial charge in [-0.3, -0.25) is 4.79 Å². The van der Waals surface area contributed by atoms with Crippen molar-refractivity contribution in [2.45, 2.75) is 13.5 Å². The first-order chi connectivity index (χ1) is 9.10. The SMILES string of the molecule is Cc1ccc(NC(=O)c2ccc(CN)cc2)cc1I. The molecule has 0 bridgehead atoms.